The molecule has 35 heavy (non-hydrogen) atoms. The Balaban J connectivity index is 1.39. The zero-order valence-electron chi connectivity index (χ0n) is 19.4. The zero-order valence-corrected chi connectivity index (χ0v) is 20.2. The van der Waals surface area contributed by atoms with Crippen LogP contribution in [0.25, 0.3) is 0 Å². The van der Waals surface area contributed by atoms with Crippen LogP contribution in [0.15, 0.2) is 91.0 Å². The van der Waals surface area contributed by atoms with Gasteiger partial charge in [-0.05, 0) is 59.0 Å². The van der Waals surface area contributed by atoms with Crippen molar-refractivity contribution < 1.29 is 14.6 Å². The second-order valence-corrected chi connectivity index (χ2v) is 9.11. The van der Waals surface area contributed by atoms with Crippen LogP contribution in [0.2, 0.25) is 5.02 Å². The highest BCUT2D eigenvalue weighted by molar-refractivity contribution is 6.33. The van der Waals surface area contributed by atoms with E-state index < -0.39 is 0 Å². The van der Waals surface area contributed by atoms with Gasteiger partial charge in [0.1, 0.15) is 19.0 Å². The summed E-state index contributed by atoms with van der Waals surface area (Å²) in [5.41, 5.74) is 5.37. The van der Waals surface area contributed by atoms with E-state index in [1.807, 2.05) is 66.7 Å². The third-order valence-corrected chi connectivity index (χ3v) is 6.79. The smallest absolute Gasteiger partial charge is 0.177 e. The van der Waals surface area contributed by atoms with E-state index in [0.717, 1.165) is 53.1 Å². The summed E-state index contributed by atoms with van der Waals surface area (Å²) in [4.78, 5) is 0. The highest BCUT2D eigenvalue weighted by Gasteiger charge is 2.26. The van der Waals surface area contributed by atoms with Crippen molar-refractivity contribution in [1.82, 2.24) is 5.32 Å². The van der Waals surface area contributed by atoms with Crippen LogP contribution in [0, 0.1) is 0 Å². The van der Waals surface area contributed by atoms with Crippen LogP contribution in [-0.4, -0.2) is 18.2 Å². The topological polar surface area (TPSA) is 50.7 Å². The lowest BCUT2D eigenvalue weighted by molar-refractivity contribution is 0.288. The normalized spacial score (nSPS) is 15.2. The first-order chi connectivity index (χ1) is 17.2. The fourth-order valence-electron chi connectivity index (χ4n) is 4.49. The number of rotatable bonds is 7. The number of phenols is 1. The lowest BCUT2D eigenvalue weighted by Gasteiger charge is -2.21. The van der Waals surface area contributed by atoms with Crippen LogP contribution in [-0.2, 0) is 19.6 Å². The van der Waals surface area contributed by atoms with E-state index in [1.54, 1.807) is 0 Å². The molecular weight excluding hydrogens is 458 g/mol. The van der Waals surface area contributed by atoms with Crippen LogP contribution in [0.3, 0.4) is 0 Å². The molecule has 0 radical (unpaired) electrons. The third kappa shape index (κ3) is 5.45. The zero-order chi connectivity index (χ0) is 24.0. The monoisotopic (exact) mass is 485 g/mol. The standard InChI is InChI=1S/C30H28ClNO3/c31-29-25-15-16-32-18-27(23-11-13-24(14-12-23)34-19-21-7-3-1-4-8-21)26(25)17-28(30(29)33)35-20-22-9-5-2-6-10-22/h1-14,17,27,32-33H,15-16,18-20H2. The molecule has 0 spiro atoms. The van der Waals surface area contributed by atoms with Crippen molar-refractivity contribution in [3.05, 3.63) is 124 Å². The van der Waals surface area contributed by atoms with E-state index in [0.29, 0.717) is 24.0 Å². The molecule has 0 saturated heterocycles. The summed E-state index contributed by atoms with van der Waals surface area (Å²) >= 11 is 6.67. The number of ether oxygens (including phenoxy) is 2. The van der Waals surface area contributed by atoms with Crippen molar-refractivity contribution in [3.63, 3.8) is 0 Å². The van der Waals surface area contributed by atoms with Crippen LogP contribution >= 0.6 is 11.6 Å². The van der Waals surface area contributed by atoms with Gasteiger partial charge in [-0.3, -0.25) is 0 Å². The van der Waals surface area contributed by atoms with E-state index in [2.05, 4.69) is 29.6 Å². The van der Waals surface area contributed by atoms with Gasteiger partial charge in [-0.2, -0.15) is 0 Å². The fourth-order valence-corrected chi connectivity index (χ4v) is 4.79. The van der Waals surface area contributed by atoms with Crippen molar-refractivity contribution >= 4 is 11.6 Å². The average molecular weight is 486 g/mol. The van der Waals surface area contributed by atoms with Gasteiger partial charge in [0.2, 0.25) is 0 Å². The van der Waals surface area contributed by atoms with Gasteiger partial charge in [-0.1, -0.05) is 84.4 Å². The molecule has 1 atom stereocenters. The van der Waals surface area contributed by atoms with Crippen LogP contribution in [0.1, 0.15) is 33.7 Å². The number of aromatic hydroxyl groups is 1. The van der Waals surface area contributed by atoms with Crippen molar-refractivity contribution in [2.24, 2.45) is 0 Å². The molecule has 4 nitrogen and oxygen atoms in total. The maximum Gasteiger partial charge on any atom is 0.177 e. The number of benzene rings is 4. The molecule has 1 aliphatic heterocycles. The van der Waals surface area contributed by atoms with Gasteiger partial charge in [0.05, 0.1) is 5.02 Å². The molecule has 2 N–H and O–H groups in total. The van der Waals surface area contributed by atoms with Gasteiger partial charge in [-0.25, -0.2) is 0 Å². The van der Waals surface area contributed by atoms with Crippen molar-refractivity contribution in [2.75, 3.05) is 13.1 Å². The Morgan fingerprint density at radius 1 is 0.829 bits per heavy atom. The summed E-state index contributed by atoms with van der Waals surface area (Å²) in [7, 11) is 0. The average Bonchev–Trinajstić information content (AvgIpc) is 3.13. The van der Waals surface area contributed by atoms with Crippen LogP contribution < -0.4 is 14.8 Å². The number of nitrogens with one attached hydrogen (secondary N) is 1. The minimum Gasteiger partial charge on any atom is -0.503 e. The summed E-state index contributed by atoms with van der Waals surface area (Å²) < 4.78 is 12.0. The number of hydrogen-bond acceptors (Lipinski definition) is 4. The first kappa shape index (κ1) is 23.3. The molecule has 0 saturated carbocycles. The summed E-state index contributed by atoms with van der Waals surface area (Å²) in [6, 6.07) is 30.2. The van der Waals surface area contributed by atoms with Crippen molar-refractivity contribution in [3.8, 4) is 17.2 Å². The molecule has 5 heteroatoms. The molecule has 0 bridgehead atoms. The molecule has 1 unspecified atom stereocenters. The maximum atomic E-state index is 10.8. The Bertz CT molecular complexity index is 1260. The van der Waals surface area contributed by atoms with Crippen molar-refractivity contribution in [1.29, 1.82) is 0 Å². The molecular formula is C30H28ClNO3. The van der Waals surface area contributed by atoms with Crippen LogP contribution in [0.5, 0.6) is 17.2 Å². The lowest BCUT2D eigenvalue weighted by Crippen LogP contribution is -2.20. The maximum absolute atomic E-state index is 10.8. The van der Waals surface area contributed by atoms with E-state index in [9.17, 15) is 5.11 Å². The Kier molecular flexibility index (Phi) is 7.22. The molecule has 4 aromatic rings. The second-order valence-electron chi connectivity index (χ2n) is 8.73. The summed E-state index contributed by atoms with van der Waals surface area (Å²) in [6.07, 6.45) is 0.745. The second kappa shape index (κ2) is 10.9. The fraction of sp³-hybridized carbons (Fsp3) is 0.200. The molecule has 178 valence electrons. The predicted octanol–water partition coefficient (Wildman–Crippen LogP) is 6.48. The number of halogens is 1. The summed E-state index contributed by atoms with van der Waals surface area (Å²) in [5, 5.41) is 14.7. The van der Waals surface area contributed by atoms with E-state index in [4.69, 9.17) is 21.1 Å². The van der Waals surface area contributed by atoms with Gasteiger partial charge in [-0.15, -0.1) is 0 Å². The molecule has 5 rings (SSSR count). The number of fused-ring (bicyclic) bond motifs is 1. The molecule has 1 aliphatic rings. The van der Waals surface area contributed by atoms with Gasteiger partial charge >= 0.3 is 0 Å². The molecule has 0 amide bonds. The molecule has 0 aromatic heterocycles. The SMILES string of the molecule is Oc1c(OCc2ccccc2)cc2c(c1Cl)CCNCC2c1ccc(OCc2ccccc2)cc1. The van der Waals surface area contributed by atoms with Crippen LogP contribution in [0.4, 0.5) is 0 Å². The first-order valence-electron chi connectivity index (χ1n) is 11.9. The molecule has 0 fully saturated rings. The largest absolute Gasteiger partial charge is 0.503 e. The summed E-state index contributed by atoms with van der Waals surface area (Å²) in [6.45, 7) is 2.46. The number of phenolic OH excluding ortho intramolecular Hbond substituents is 1. The van der Waals surface area contributed by atoms with E-state index in [1.165, 1.54) is 0 Å². The highest BCUT2D eigenvalue weighted by Crippen LogP contribution is 2.43. The Morgan fingerprint density at radius 3 is 2.11 bits per heavy atom. The van der Waals surface area contributed by atoms with E-state index >= 15 is 0 Å². The highest BCUT2D eigenvalue weighted by atomic mass is 35.5. The Labute approximate surface area is 211 Å². The predicted molar refractivity (Wildman–Crippen MR) is 140 cm³/mol. The molecule has 0 aliphatic carbocycles. The Hall–Kier alpha value is -3.47. The first-order valence-corrected chi connectivity index (χ1v) is 12.2. The minimum atomic E-state index is 0.00616. The molecule has 4 aromatic carbocycles. The minimum absolute atomic E-state index is 0.00616. The van der Waals surface area contributed by atoms with Crippen molar-refractivity contribution in [2.45, 2.75) is 25.6 Å². The van der Waals surface area contributed by atoms with Gasteiger partial charge in [0, 0.05) is 12.5 Å². The van der Waals surface area contributed by atoms with Gasteiger partial charge in [0.25, 0.3) is 0 Å². The summed E-state index contributed by atoms with van der Waals surface area (Å²) in [5.74, 6) is 1.32. The van der Waals surface area contributed by atoms with E-state index in [-0.39, 0.29) is 11.7 Å². The quantitative estimate of drug-likeness (QED) is 0.314. The molecule has 1 heterocycles. The Morgan fingerprint density at radius 2 is 1.46 bits per heavy atom. The third-order valence-electron chi connectivity index (χ3n) is 6.38. The van der Waals surface area contributed by atoms with Gasteiger partial charge in [0.15, 0.2) is 11.5 Å². The van der Waals surface area contributed by atoms with Gasteiger partial charge < -0.3 is 19.9 Å². The number of hydrogen-bond donors (Lipinski definition) is 2. The lowest BCUT2D eigenvalue weighted by atomic mass is 9.87.